The lowest BCUT2D eigenvalue weighted by Gasteiger charge is -2.26. The molecule has 3 rings (SSSR count). The summed E-state index contributed by atoms with van der Waals surface area (Å²) in [6.45, 7) is 2.37. The van der Waals surface area contributed by atoms with Crippen LogP contribution in [0.25, 0.3) is 0 Å². The number of aryl methyl sites for hydroxylation is 1. The highest BCUT2D eigenvalue weighted by molar-refractivity contribution is 5.92. The zero-order chi connectivity index (χ0) is 17.6. The molecule has 2 amide bonds. The number of rotatable bonds is 6. The van der Waals surface area contributed by atoms with Gasteiger partial charge in [-0.2, -0.15) is 5.10 Å². The first-order valence-electron chi connectivity index (χ1n) is 7.96. The molecule has 0 aromatic carbocycles. The second-order valence-electron chi connectivity index (χ2n) is 5.54. The fourth-order valence-corrected chi connectivity index (χ4v) is 2.41. The van der Waals surface area contributed by atoms with E-state index < -0.39 is 0 Å². The largest absolute Gasteiger partial charge is 0.468 e. The fourth-order valence-electron chi connectivity index (χ4n) is 2.41. The van der Waals surface area contributed by atoms with E-state index in [1.165, 1.54) is 10.7 Å². The number of aromatic nitrogens is 2. The summed E-state index contributed by atoms with van der Waals surface area (Å²) in [7, 11) is 1.65. The van der Waals surface area contributed by atoms with Crippen LogP contribution < -0.4 is 10.1 Å². The summed E-state index contributed by atoms with van der Waals surface area (Å²) in [5, 5.41) is 6.81. The van der Waals surface area contributed by atoms with E-state index in [1.54, 1.807) is 30.3 Å². The van der Waals surface area contributed by atoms with Crippen LogP contribution >= 0.6 is 0 Å². The first kappa shape index (κ1) is 17.0. The summed E-state index contributed by atoms with van der Waals surface area (Å²) in [5.74, 6) is 0.538. The molecular formula is C16H20N4O5. The topological polar surface area (TPSA) is 98.8 Å². The molecule has 2 aromatic rings. The third-order valence-corrected chi connectivity index (χ3v) is 3.78. The van der Waals surface area contributed by atoms with Gasteiger partial charge in [0.25, 0.3) is 11.8 Å². The number of nitrogens with one attached hydrogen (secondary N) is 1. The molecule has 2 aromatic heterocycles. The van der Waals surface area contributed by atoms with E-state index in [0.29, 0.717) is 37.9 Å². The van der Waals surface area contributed by atoms with Crippen molar-refractivity contribution in [2.24, 2.45) is 7.05 Å². The molecular weight excluding hydrogens is 328 g/mol. The van der Waals surface area contributed by atoms with Crippen molar-refractivity contribution in [2.75, 3.05) is 32.9 Å². The van der Waals surface area contributed by atoms with Gasteiger partial charge in [0.15, 0.2) is 12.3 Å². The summed E-state index contributed by atoms with van der Waals surface area (Å²) in [6, 6.07) is 5.02. The van der Waals surface area contributed by atoms with E-state index in [9.17, 15) is 9.59 Å². The average Bonchev–Trinajstić information content (AvgIpc) is 3.28. The van der Waals surface area contributed by atoms with Gasteiger partial charge in [0.2, 0.25) is 5.88 Å². The van der Waals surface area contributed by atoms with Crippen LogP contribution in [0.1, 0.15) is 16.2 Å². The summed E-state index contributed by atoms with van der Waals surface area (Å²) in [6.07, 6.45) is 1.54. The first-order valence-corrected chi connectivity index (χ1v) is 7.96. The number of nitrogens with zero attached hydrogens (tertiary/aromatic N) is 3. The van der Waals surface area contributed by atoms with Crippen LogP contribution in [-0.4, -0.2) is 59.4 Å². The SMILES string of the molecule is Cn1nc(C(=O)NCc2ccco2)cc1OCC(=O)N1CCOCC1. The molecule has 0 aliphatic carbocycles. The second kappa shape index (κ2) is 7.84. The Labute approximate surface area is 144 Å². The van der Waals surface area contributed by atoms with Gasteiger partial charge in [0.1, 0.15) is 5.76 Å². The van der Waals surface area contributed by atoms with Crippen molar-refractivity contribution in [1.29, 1.82) is 0 Å². The highest BCUT2D eigenvalue weighted by Gasteiger charge is 2.19. The van der Waals surface area contributed by atoms with Gasteiger partial charge in [-0.3, -0.25) is 9.59 Å². The summed E-state index contributed by atoms with van der Waals surface area (Å²) in [4.78, 5) is 25.9. The van der Waals surface area contributed by atoms with Gasteiger partial charge in [0.05, 0.1) is 26.0 Å². The number of morpholine rings is 1. The van der Waals surface area contributed by atoms with E-state index in [2.05, 4.69) is 10.4 Å². The van der Waals surface area contributed by atoms with Crippen molar-refractivity contribution in [3.05, 3.63) is 35.9 Å². The van der Waals surface area contributed by atoms with Gasteiger partial charge in [0, 0.05) is 26.2 Å². The molecule has 0 saturated carbocycles. The van der Waals surface area contributed by atoms with Gasteiger partial charge in [-0.05, 0) is 12.1 Å². The first-order chi connectivity index (χ1) is 12.1. The maximum atomic E-state index is 12.1. The minimum atomic E-state index is -0.346. The molecule has 0 radical (unpaired) electrons. The molecule has 1 aliphatic rings. The fraction of sp³-hybridized carbons (Fsp3) is 0.438. The highest BCUT2D eigenvalue weighted by Crippen LogP contribution is 2.13. The van der Waals surface area contributed by atoms with Crippen molar-refractivity contribution in [3.63, 3.8) is 0 Å². The number of amides is 2. The summed E-state index contributed by atoms with van der Waals surface area (Å²) in [5.41, 5.74) is 0.211. The van der Waals surface area contributed by atoms with Crippen LogP contribution in [0.2, 0.25) is 0 Å². The van der Waals surface area contributed by atoms with E-state index in [-0.39, 0.29) is 30.7 Å². The Kier molecular flexibility index (Phi) is 5.34. The van der Waals surface area contributed by atoms with Crippen molar-refractivity contribution >= 4 is 11.8 Å². The molecule has 9 heteroatoms. The van der Waals surface area contributed by atoms with Crippen LogP contribution in [-0.2, 0) is 23.1 Å². The van der Waals surface area contributed by atoms with E-state index in [1.807, 2.05) is 0 Å². The van der Waals surface area contributed by atoms with Crippen LogP contribution in [0.4, 0.5) is 0 Å². The number of carbonyl (C=O) groups is 2. The third kappa shape index (κ3) is 4.38. The smallest absolute Gasteiger partial charge is 0.272 e. The Balaban J connectivity index is 1.52. The van der Waals surface area contributed by atoms with Crippen molar-refractivity contribution in [3.8, 4) is 5.88 Å². The van der Waals surface area contributed by atoms with E-state index >= 15 is 0 Å². The average molecular weight is 348 g/mol. The van der Waals surface area contributed by atoms with Crippen LogP contribution in [0, 0.1) is 0 Å². The van der Waals surface area contributed by atoms with Gasteiger partial charge in [-0.25, -0.2) is 4.68 Å². The molecule has 3 heterocycles. The molecule has 0 unspecified atom stereocenters. The molecule has 9 nitrogen and oxygen atoms in total. The zero-order valence-corrected chi connectivity index (χ0v) is 13.9. The maximum Gasteiger partial charge on any atom is 0.272 e. The second-order valence-corrected chi connectivity index (χ2v) is 5.54. The van der Waals surface area contributed by atoms with Crippen molar-refractivity contribution in [1.82, 2.24) is 20.0 Å². The lowest BCUT2D eigenvalue weighted by molar-refractivity contribution is -0.137. The third-order valence-electron chi connectivity index (χ3n) is 3.78. The number of carbonyl (C=O) groups excluding carboxylic acids is 2. The molecule has 25 heavy (non-hydrogen) atoms. The highest BCUT2D eigenvalue weighted by atomic mass is 16.5. The quantitative estimate of drug-likeness (QED) is 0.800. The van der Waals surface area contributed by atoms with Crippen molar-refractivity contribution < 1.29 is 23.5 Å². The van der Waals surface area contributed by atoms with Gasteiger partial charge >= 0.3 is 0 Å². The molecule has 1 fully saturated rings. The van der Waals surface area contributed by atoms with E-state index in [0.717, 1.165) is 0 Å². The minimum Gasteiger partial charge on any atom is -0.468 e. The Bertz CT molecular complexity index is 719. The van der Waals surface area contributed by atoms with Crippen molar-refractivity contribution in [2.45, 2.75) is 6.54 Å². The summed E-state index contributed by atoms with van der Waals surface area (Å²) >= 11 is 0. The van der Waals surface area contributed by atoms with Crippen LogP contribution in [0.5, 0.6) is 5.88 Å². The summed E-state index contributed by atoms with van der Waals surface area (Å²) < 4.78 is 17.3. The predicted molar refractivity (Wildman–Crippen MR) is 86.0 cm³/mol. The molecule has 1 saturated heterocycles. The zero-order valence-electron chi connectivity index (χ0n) is 13.9. The minimum absolute atomic E-state index is 0.104. The molecule has 0 atom stereocenters. The molecule has 1 N–H and O–H groups in total. The monoisotopic (exact) mass is 348 g/mol. The Hall–Kier alpha value is -2.81. The molecule has 134 valence electrons. The number of ether oxygens (including phenoxy) is 2. The molecule has 1 aliphatic heterocycles. The Morgan fingerprint density at radius 2 is 2.16 bits per heavy atom. The van der Waals surface area contributed by atoms with Gasteiger partial charge in [-0.1, -0.05) is 0 Å². The number of hydrogen-bond acceptors (Lipinski definition) is 6. The standard InChI is InChI=1S/C16H20N4O5/c1-19-15(25-11-14(21)20-4-7-23-8-5-20)9-13(18-19)16(22)17-10-12-3-2-6-24-12/h2-3,6,9H,4-5,7-8,10-11H2,1H3,(H,17,22). The van der Waals surface area contributed by atoms with Gasteiger partial charge < -0.3 is 24.1 Å². The predicted octanol–water partition coefficient (Wildman–Crippen LogP) is 0.181. The van der Waals surface area contributed by atoms with Gasteiger partial charge in [-0.15, -0.1) is 0 Å². The van der Waals surface area contributed by atoms with E-state index in [4.69, 9.17) is 13.9 Å². The Morgan fingerprint density at radius 1 is 1.36 bits per heavy atom. The molecule has 0 bridgehead atoms. The van der Waals surface area contributed by atoms with Crippen LogP contribution in [0.3, 0.4) is 0 Å². The maximum absolute atomic E-state index is 12.1. The normalized spacial score (nSPS) is 14.4. The lowest BCUT2D eigenvalue weighted by atomic mass is 10.4. The molecule has 0 spiro atoms. The Morgan fingerprint density at radius 3 is 2.88 bits per heavy atom. The number of furan rings is 1. The number of hydrogen-bond donors (Lipinski definition) is 1. The lowest BCUT2D eigenvalue weighted by Crippen LogP contribution is -2.43. The van der Waals surface area contributed by atoms with Crippen LogP contribution in [0.15, 0.2) is 28.9 Å².